The summed E-state index contributed by atoms with van der Waals surface area (Å²) in [6.45, 7) is 10.5. The Labute approximate surface area is 398 Å². The van der Waals surface area contributed by atoms with Crippen molar-refractivity contribution in [2.24, 2.45) is 29.2 Å². The summed E-state index contributed by atoms with van der Waals surface area (Å²) < 4.78 is 0. The fraction of sp³-hybridized carbons (Fsp3) is 0.773. The summed E-state index contributed by atoms with van der Waals surface area (Å²) in [5.41, 5.74) is 11.2. The average molecular weight is 971 g/mol. The van der Waals surface area contributed by atoms with Gasteiger partial charge in [-0.3, -0.25) is 43.2 Å². The van der Waals surface area contributed by atoms with Gasteiger partial charge in [0.05, 0.1) is 19.8 Å². The van der Waals surface area contributed by atoms with Gasteiger partial charge in [-0.1, -0.05) is 54.4 Å². The number of aliphatic hydroxyl groups is 2. The predicted molar refractivity (Wildman–Crippen MR) is 246 cm³/mol. The highest BCUT2D eigenvalue weighted by Crippen LogP contribution is 2.23. The van der Waals surface area contributed by atoms with Crippen LogP contribution < -0.4 is 43.4 Å². The second-order valence-electron chi connectivity index (χ2n) is 17.8. The molecule has 10 atom stereocenters. The van der Waals surface area contributed by atoms with Gasteiger partial charge in [0.1, 0.15) is 48.3 Å². The van der Waals surface area contributed by atoms with E-state index in [1.165, 1.54) is 9.80 Å². The highest BCUT2D eigenvalue weighted by molar-refractivity contribution is 5.98. The molecule has 388 valence electrons. The van der Waals surface area contributed by atoms with Crippen LogP contribution in [0.3, 0.4) is 0 Å². The number of hydrogen-bond donors (Lipinski definition) is 12. The average Bonchev–Trinajstić information content (AvgIpc) is 4.00. The number of carboxylic acids is 2. The Kier molecular flexibility index (Phi) is 27.5. The molecule has 0 bridgehead atoms. The molecule has 0 aliphatic carbocycles. The van der Waals surface area contributed by atoms with E-state index >= 15 is 0 Å². The minimum absolute atomic E-state index is 0.0619. The molecule has 0 radical (unpaired) electrons. The Morgan fingerprint density at radius 2 is 1.16 bits per heavy atom. The van der Waals surface area contributed by atoms with E-state index < -0.39 is 133 Å². The number of nitrogens with zero attached hydrogens (tertiary/aromatic N) is 2. The number of rotatable bonds is 27. The van der Waals surface area contributed by atoms with Crippen LogP contribution >= 0.6 is 0 Å². The molecule has 0 aromatic heterocycles. The Bertz CT molecular complexity index is 1720. The fourth-order valence-corrected chi connectivity index (χ4v) is 7.63. The molecule has 24 heteroatoms. The monoisotopic (exact) mass is 971 g/mol. The maximum Gasteiger partial charge on any atom is 0.326 e. The first-order valence-electron chi connectivity index (χ1n) is 23.5. The number of carbonyl (C=O) groups excluding carboxylic acids is 8. The molecular formula is C44H78N10O14. The topological polar surface area (TPSA) is 382 Å². The molecular weight excluding hydrogens is 893 g/mol. The zero-order chi connectivity index (χ0) is 51.8. The maximum atomic E-state index is 14.1. The Morgan fingerprint density at radius 1 is 0.647 bits per heavy atom. The third-order valence-corrected chi connectivity index (χ3v) is 11.9. The van der Waals surface area contributed by atoms with Crippen LogP contribution in [-0.2, 0) is 47.9 Å². The van der Waals surface area contributed by atoms with Gasteiger partial charge in [0.15, 0.2) is 0 Å². The molecule has 0 saturated carbocycles. The number of unbranched alkanes of at least 4 members (excludes halogenated alkanes) is 1. The van der Waals surface area contributed by atoms with Crippen molar-refractivity contribution in [2.45, 2.75) is 161 Å². The van der Waals surface area contributed by atoms with Gasteiger partial charge in [-0.15, -0.1) is 0 Å². The van der Waals surface area contributed by atoms with Gasteiger partial charge in [-0.25, -0.2) is 4.79 Å². The van der Waals surface area contributed by atoms with Crippen LogP contribution in [0, 0.1) is 17.8 Å². The van der Waals surface area contributed by atoms with E-state index in [0.717, 1.165) is 6.92 Å². The van der Waals surface area contributed by atoms with Crippen molar-refractivity contribution in [3.63, 3.8) is 0 Å². The molecule has 2 aliphatic rings. The SMILES string of the molecule is CC(=O)O.CCC(C)C(NC(=O)C(N)CO)C(=O)NC(C(=O)N1CCCC1C(=O)NC(CO)C(=O)NCC(=O)N1CCCC1C(=O)NC(CC(C)C)C(=O)NC(CCCCN)C(=O)O)C(C)CC. The molecule has 10 unspecified atom stereocenters. The largest absolute Gasteiger partial charge is 0.481 e. The van der Waals surface area contributed by atoms with Crippen molar-refractivity contribution in [2.75, 3.05) is 39.4 Å². The molecule has 0 aromatic carbocycles. The van der Waals surface area contributed by atoms with Crippen molar-refractivity contribution in [3.05, 3.63) is 0 Å². The smallest absolute Gasteiger partial charge is 0.326 e. The van der Waals surface area contributed by atoms with Crippen LogP contribution in [0.5, 0.6) is 0 Å². The molecule has 2 heterocycles. The minimum atomic E-state index is -1.52. The molecule has 2 fully saturated rings. The van der Waals surface area contributed by atoms with E-state index in [4.69, 9.17) is 21.4 Å². The molecule has 68 heavy (non-hydrogen) atoms. The van der Waals surface area contributed by atoms with Crippen LogP contribution in [0.1, 0.15) is 113 Å². The number of nitrogens with one attached hydrogen (secondary N) is 6. The summed E-state index contributed by atoms with van der Waals surface area (Å²) >= 11 is 0. The number of aliphatic carboxylic acids is 2. The highest BCUT2D eigenvalue weighted by atomic mass is 16.4. The van der Waals surface area contributed by atoms with Crippen LogP contribution in [0.25, 0.3) is 0 Å². The normalized spacial score (nSPS) is 19.1. The van der Waals surface area contributed by atoms with Crippen LogP contribution in [0.4, 0.5) is 0 Å². The molecule has 0 spiro atoms. The number of amides is 8. The Hall–Kier alpha value is -5.46. The Balaban J connectivity index is 0.00000554. The highest BCUT2D eigenvalue weighted by Gasteiger charge is 2.42. The lowest BCUT2D eigenvalue weighted by atomic mass is 9.94. The number of likely N-dealkylation sites (tertiary alicyclic amines) is 2. The molecule has 0 aromatic rings. The third kappa shape index (κ3) is 19.6. The molecule has 8 amide bonds. The molecule has 14 N–H and O–H groups in total. The number of nitrogens with two attached hydrogens (primary N) is 2. The summed E-state index contributed by atoms with van der Waals surface area (Å²) in [4.78, 5) is 131. The van der Waals surface area contributed by atoms with Crippen molar-refractivity contribution >= 4 is 59.2 Å². The summed E-state index contributed by atoms with van der Waals surface area (Å²) in [5, 5.41) is 51.9. The van der Waals surface area contributed by atoms with Crippen molar-refractivity contribution in [1.29, 1.82) is 0 Å². The molecule has 2 rings (SSSR count). The number of hydrogen-bond acceptors (Lipinski definition) is 14. The summed E-state index contributed by atoms with van der Waals surface area (Å²) in [5.74, 6) is -8.40. The molecule has 2 saturated heterocycles. The van der Waals surface area contributed by atoms with Gasteiger partial charge in [-0.2, -0.15) is 0 Å². The second kappa shape index (κ2) is 30.8. The van der Waals surface area contributed by atoms with E-state index in [2.05, 4.69) is 31.9 Å². The molecule has 24 nitrogen and oxygen atoms in total. The second-order valence-corrected chi connectivity index (χ2v) is 17.8. The quantitative estimate of drug-likeness (QED) is 0.0372. The van der Waals surface area contributed by atoms with Crippen molar-refractivity contribution < 1.29 is 68.4 Å². The lowest BCUT2D eigenvalue weighted by Crippen LogP contribution is -2.61. The predicted octanol–water partition coefficient (Wildman–Crippen LogP) is -2.74. The summed E-state index contributed by atoms with van der Waals surface area (Å²) in [6.07, 6.45) is 3.71. The van der Waals surface area contributed by atoms with E-state index in [-0.39, 0.29) is 50.6 Å². The zero-order valence-corrected chi connectivity index (χ0v) is 40.6. The number of aliphatic hydroxyl groups excluding tert-OH is 2. The first-order chi connectivity index (χ1) is 32.0. The van der Waals surface area contributed by atoms with E-state index in [1.54, 1.807) is 13.8 Å². The minimum Gasteiger partial charge on any atom is -0.481 e. The van der Waals surface area contributed by atoms with E-state index in [9.17, 15) is 58.5 Å². The van der Waals surface area contributed by atoms with E-state index in [1.807, 2.05) is 27.7 Å². The lowest BCUT2D eigenvalue weighted by Gasteiger charge is -2.33. The van der Waals surface area contributed by atoms with Gasteiger partial charge in [0, 0.05) is 20.0 Å². The van der Waals surface area contributed by atoms with Crippen molar-refractivity contribution in [3.8, 4) is 0 Å². The van der Waals surface area contributed by atoms with Crippen LogP contribution in [0.2, 0.25) is 0 Å². The third-order valence-electron chi connectivity index (χ3n) is 11.9. The number of carbonyl (C=O) groups is 10. The molecule has 2 aliphatic heterocycles. The first kappa shape index (κ1) is 60.6. The lowest BCUT2D eigenvalue weighted by molar-refractivity contribution is -0.144. The van der Waals surface area contributed by atoms with Crippen LogP contribution in [0.15, 0.2) is 0 Å². The van der Waals surface area contributed by atoms with E-state index in [0.29, 0.717) is 45.1 Å². The summed E-state index contributed by atoms with van der Waals surface area (Å²) in [7, 11) is 0. The fourth-order valence-electron chi connectivity index (χ4n) is 7.63. The van der Waals surface area contributed by atoms with Crippen molar-refractivity contribution in [1.82, 2.24) is 41.7 Å². The summed E-state index contributed by atoms with van der Waals surface area (Å²) in [6, 6.07) is -9.27. The van der Waals surface area contributed by atoms with Gasteiger partial charge in [0.25, 0.3) is 5.97 Å². The Morgan fingerprint density at radius 3 is 1.66 bits per heavy atom. The number of carboxylic acid groups (broad SMARTS) is 2. The van der Waals surface area contributed by atoms with Gasteiger partial charge < -0.3 is 73.6 Å². The van der Waals surface area contributed by atoms with Gasteiger partial charge >= 0.3 is 5.97 Å². The maximum absolute atomic E-state index is 14.1. The first-order valence-corrected chi connectivity index (χ1v) is 23.5. The van der Waals surface area contributed by atoms with Gasteiger partial charge in [0.2, 0.25) is 47.3 Å². The van der Waals surface area contributed by atoms with Crippen LogP contribution in [-0.4, -0.2) is 177 Å². The van der Waals surface area contributed by atoms with Gasteiger partial charge in [-0.05, 0) is 75.7 Å². The standard InChI is InChI=1S/C42H74N10O12.C2H4O2/c1-7-24(5)33(49-35(56)26(44)21-53)40(61)50-34(25(6)8-2)41(62)52-18-12-15-31(52)39(60)48-29(22-54)36(57)45-20-32(55)51-17-11-14-30(51)38(59)47-28(19-23(3)4)37(58)46-27(42(63)64)13-9-10-16-43;1-2(3)4/h23-31,33-34,53-54H,7-22,43-44H2,1-6H3,(H,45,57)(H,46,58)(H,47,59)(H,48,60)(H,49,56)(H,50,61)(H,63,64);1H3,(H,3,4). The zero-order valence-electron chi connectivity index (χ0n) is 40.6.